The van der Waals surface area contributed by atoms with E-state index in [0.29, 0.717) is 0 Å². The summed E-state index contributed by atoms with van der Waals surface area (Å²) in [7, 11) is 1.83. The Labute approximate surface area is 108 Å². The minimum absolute atomic E-state index is 0.778. The molecule has 0 aliphatic heterocycles. The van der Waals surface area contributed by atoms with Crippen LogP contribution in [0.2, 0.25) is 0 Å². The fourth-order valence-electron chi connectivity index (χ4n) is 1.24. The van der Waals surface area contributed by atoms with Crippen LogP contribution in [-0.2, 0) is 0 Å². The van der Waals surface area contributed by atoms with Crippen molar-refractivity contribution in [3.05, 3.63) is 40.2 Å². The van der Waals surface area contributed by atoms with Crippen LogP contribution in [0.5, 0.6) is 0 Å². The summed E-state index contributed by atoms with van der Waals surface area (Å²) in [4.78, 5) is 8.19. The Balaban J connectivity index is 2.16. The van der Waals surface area contributed by atoms with Crippen molar-refractivity contribution >= 4 is 39.9 Å². The number of aromatic nitrogens is 2. The number of nitrogens with zero attached hydrogens (tertiary/aromatic N) is 2. The SMILES string of the molecule is CNc1cc(Nc2ccc(I)cc2)ncn1. The van der Waals surface area contributed by atoms with Crippen molar-refractivity contribution in [3.8, 4) is 0 Å². The molecule has 0 amide bonds. The van der Waals surface area contributed by atoms with Crippen LogP contribution < -0.4 is 10.6 Å². The molecule has 1 aromatic carbocycles. The van der Waals surface area contributed by atoms with E-state index in [1.165, 1.54) is 9.90 Å². The smallest absolute Gasteiger partial charge is 0.135 e. The molecule has 0 spiro atoms. The van der Waals surface area contributed by atoms with Crippen LogP contribution in [0.3, 0.4) is 0 Å². The minimum atomic E-state index is 0.778. The predicted molar refractivity (Wildman–Crippen MR) is 74.0 cm³/mol. The Morgan fingerprint density at radius 1 is 1.06 bits per heavy atom. The third kappa shape index (κ3) is 2.82. The van der Waals surface area contributed by atoms with E-state index in [2.05, 4.69) is 43.2 Å². The number of hydrogen-bond acceptors (Lipinski definition) is 4. The lowest BCUT2D eigenvalue weighted by Gasteiger charge is -2.06. The van der Waals surface area contributed by atoms with E-state index in [9.17, 15) is 0 Å². The molecule has 2 rings (SSSR count). The highest BCUT2D eigenvalue weighted by Crippen LogP contribution is 2.17. The van der Waals surface area contributed by atoms with Gasteiger partial charge in [0, 0.05) is 22.4 Å². The molecule has 1 aromatic heterocycles. The van der Waals surface area contributed by atoms with Crippen molar-refractivity contribution in [1.29, 1.82) is 0 Å². The second kappa shape index (κ2) is 5.11. The third-order valence-corrected chi connectivity index (χ3v) is 2.76. The standard InChI is InChI=1S/C11H11IN4/c1-13-10-6-11(15-7-14-10)16-9-4-2-8(12)3-5-9/h2-7H,1H3,(H2,13,14,15,16). The lowest BCUT2D eigenvalue weighted by atomic mass is 10.3. The molecule has 0 saturated carbocycles. The van der Waals surface area contributed by atoms with Gasteiger partial charge in [-0.1, -0.05) is 0 Å². The highest BCUT2D eigenvalue weighted by Gasteiger charge is 1.97. The number of halogens is 1. The van der Waals surface area contributed by atoms with E-state index in [-0.39, 0.29) is 0 Å². The Morgan fingerprint density at radius 3 is 2.44 bits per heavy atom. The van der Waals surface area contributed by atoms with Gasteiger partial charge in [-0.15, -0.1) is 0 Å². The van der Waals surface area contributed by atoms with Crippen LogP contribution in [0, 0.1) is 3.57 Å². The molecular weight excluding hydrogens is 315 g/mol. The molecule has 0 bridgehead atoms. The Bertz CT molecular complexity index is 470. The fourth-order valence-corrected chi connectivity index (χ4v) is 1.60. The van der Waals surface area contributed by atoms with Gasteiger partial charge < -0.3 is 10.6 Å². The first-order valence-corrected chi connectivity index (χ1v) is 5.88. The molecule has 5 heteroatoms. The molecule has 0 saturated heterocycles. The van der Waals surface area contributed by atoms with E-state index in [1.54, 1.807) is 0 Å². The second-order valence-electron chi connectivity index (χ2n) is 3.17. The van der Waals surface area contributed by atoms with Gasteiger partial charge in [0.2, 0.25) is 0 Å². The summed E-state index contributed by atoms with van der Waals surface area (Å²) < 4.78 is 1.21. The van der Waals surface area contributed by atoms with Gasteiger partial charge in [0.25, 0.3) is 0 Å². The summed E-state index contributed by atoms with van der Waals surface area (Å²) in [5, 5.41) is 6.18. The molecular formula is C11H11IN4. The first-order chi connectivity index (χ1) is 7.78. The van der Waals surface area contributed by atoms with Crippen molar-refractivity contribution in [2.45, 2.75) is 0 Å². The molecule has 4 nitrogen and oxygen atoms in total. The summed E-state index contributed by atoms with van der Waals surface area (Å²) >= 11 is 2.28. The Morgan fingerprint density at radius 2 is 1.75 bits per heavy atom. The van der Waals surface area contributed by atoms with Crippen molar-refractivity contribution < 1.29 is 0 Å². The van der Waals surface area contributed by atoms with Crippen molar-refractivity contribution in [3.63, 3.8) is 0 Å². The summed E-state index contributed by atoms with van der Waals surface area (Å²) in [6.07, 6.45) is 1.53. The summed E-state index contributed by atoms with van der Waals surface area (Å²) in [6.45, 7) is 0. The maximum atomic E-state index is 4.14. The van der Waals surface area contributed by atoms with Crippen LogP contribution in [-0.4, -0.2) is 17.0 Å². The highest BCUT2D eigenvalue weighted by atomic mass is 127. The number of rotatable bonds is 3. The van der Waals surface area contributed by atoms with Gasteiger partial charge in [0.15, 0.2) is 0 Å². The molecule has 1 heterocycles. The molecule has 0 aliphatic carbocycles. The molecule has 16 heavy (non-hydrogen) atoms. The van der Waals surface area contributed by atoms with Crippen molar-refractivity contribution in [2.75, 3.05) is 17.7 Å². The lowest BCUT2D eigenvalue weighted by Crippen LogP contribution is -1.97. The average molecular weight is 326 g/mol. The van der Waals surface area contributed by atoms with Crippen molar-refractivity contribution in [2.24, 2.45) is 0 Å². The maximum Gasteiger partial charge on any atom is 0.135 e. The molecule has 0 fully saturated rings. The summed E-state index contributed by atoms with van der Waals surface area (Å²) in [5.74, 6) is 1.57. The Kier molecular flexibility index (Phi) is 3.55. The van der Waals surface area contributed by atoms with E-state index >= 15 is 0 Å². The summed E-state index contributed by atoms with van der Waals surface area (Å²) in [6, 6.07) is 9.98. The van der Waals surface area contributed by atoms with Gasteiger partial charge in [-0.25, -0.2) is 9.97 Å². The van der Waals surface area contributed by atoms with Crippen LogP contribution in [0.1, 0.15) is 0 Å². The van der Waals surface area contributed by atoms with Crippen LogP contribution in [0.25, 0.3) is 0 Å². The number of anilines is 3. The normalized spacial score (nSPS) is 9.88. The molecule has 2 N–H and O–H groups in total. The van der Waals surface area contributed by atoms with E-state index in [1.807, 2.05) is 37.4 Å². The van der Waals surface area contributed by atoms with Crippen molar-refractivity contribution in [1.82, 2.24) is 9.97 Å². The predicted octanol–water partition coefficient (Wildman–Crippen LogP) is 2.87. The van der Waals surface area contributed by atoms with E-state index in [0.717, 1.165) is 17.3 Å². The molecule has 0 radical (unpaired) electrons. The van der Waals surface area contributed by atoms with Gasteiger partial charge in [-0.05, 0) is 46.9 Å². The largest absolute Gasteiger partial charge is 0.373 e. The maximum absolute atomic E-state index is 4.14. The molecule has 0 aliphatic rings. The van der Waals surface area contributed by atoms with Gasteiger partial charge >= 0.3 is 0 Å². The van der Waals surface area contributed by atoms with E-state index < -0.39 is 0 Å². The zero-order valence-electron chi connectivity index (χ0n) is 8.74. The first kappa shape index (κ1) is 11.1. The van der Waals surface area contributed by atoms with Gasteiger partial charge in [0.1, 0.15) is 18.0 Å². The Hall–Kier alpha value is -1.37. The number of nitrogens with one attached hydrogen (secondary N) is 2. The van der Waals surface area contributed by atoms with Gasteiger partial charge in [-0.3, -0.25) is 0 Å². The lowest BCUT2D eigenvalue weighted by molar-refractivity contribution is 1.16. The van der Waals surface area contributed by atoms with Crippen LogP contribution >= 0.6 is 22.6 Å². The highest BCUT2D eigenvalue weighted by molar-refractivity contribution is 14.1. The zero-order chi connectivity index (χ0) is 11.4. The van der Waals surface area contributed by atoms with Gasteiger partial charge in [-0.2, -0.15) is 0 Å². The zero-order valence-corrected chi connectivity index (χ0v) is 10.9. The first-order valence-electron chi connectivity index (χ1n) is 4.80. The number of hydrogen-bond donors (Lipinski definition) is 2. The third-order valence-electron chi connectivity index (χ3n) is 2.04. The average Bonchev–Trinajstić information content (AvgIpc) is 2.32. The quantitative estimate of drug-likeness (QED) is 0.852. The van der Waals surface area contributed by atoms with E-state index in [4.69, 9.17) is 0 Å². The topological polar surface area (TPSA) is 49.8 Å². The molecule has 2 aromatic rings. The number of benzene rings is 1. The monoisotopic (exact) mass is 326 g/mol. The van der Waals surface area contributed by atoms with Gasteiger partial charge in [0.05, 0.1) is 0 Å². The molecule has 0 unspecified atom stereocenters. The minimum Gasteiger partial charge on any atom is -0.373 e. The second-order valence-corrected chi connectivity index (χ2v) is 4.42. The van der Waals surface area contributed by atoms with Crippen LogP contribution in [0.15, 0.2) is 36.7 Å². The summed E-state index contributed by atoms with van der Waals surface area (Å²) in [5.41, 5.74) is 1.01. The van der Waals surface area contributed by atoms with Crippen LogP contribution in [0.4, 0.5) is 17.3 Å². The molecule has 0 atom stereocenters. The fraction of sp³-hybridized carbons (Fsp3) is 0.0909. The molecule has 82 valence electrons.